The van der Waals surface area contributed by atoms with Gasteiger partial charge in [0.05, 0.1) is 17.7 Å². The van der Waals surface area contributed by atoms with Gasteiger partial charge in [-0.2, -0.15) is 0 Å². The number of hydrogen-bond acceptors (Lipinski definition) is 6. The van der Waals surface area contributed by atoms with Gasteiger partial charge in [0, 0.05) is 18.7 Å². The predicted molar refractivity (Wildman–Crippen MR) is 109 cm³/mol. The van der Waals surface area contributed by atoms with E-state index in [-0.39, 0.29) is 16.4 Å². The van der Waals surface area contributed by atoms with Crippen LogP contribution in [0.4, 0.5) is 0 Å². The van der Waals surface area contributed by atoms with Crippen LogP contribution in [0.5, 0.6) is 5.75 Å². The number of likely N-dealkylation sites (N-methyl/N-ethyl adjacent to an activating group) is 1. The first-order valence-electron chi connectivity index (χ1n) is 9.08. The van der Waals surface area contributed by atoms with Gasteiger partial charge in [0.25, 0.3) is 11.7 Å². The first kappa shape index (κ1) is 21.0. The van der Waals surface area contributed by atoms with Crippen molar-refractivity contribution in [3.05, 3.63) is 58.0 Å². The molecule has 0 unspecified atom stereocenters. The number of methoxy groups -OCH3 is 1. The number of aryl methyl sites for hydroxylation is 1. The molecule has 1 amide bonds. The third-order valence-corrected chi connectivity index (χ3v) is 5.08. The summed E-state index contributed by atoms with van der Waals surface area (Å²) in [5.74, 6) is -0.237. The smallest absolute Gasteiger partial charge is 0.295 e. The van der Waals surface area contributed by atoms with E-state index in [9.17, 15) is 14.7 Å². The Balaban J connectivity index is 2.13. The Morgan fingerprint density at radius 1 is 1.28 bits per heavy atom. The molecule has 0 radical (unpaired) electrons. The molecule has 29 heavy (non-hydrogen) atoms. The van der Waals surface area contributed by atoms with Gasteiger partial charge in [0.2, 0.25) is 0 Å². The lowest BCUT2D eigenvalue weighted by Gasteiger charge is -2.24. The van der Waals surface area contributed by atoms with E-state index in [1.165, 1.54) is 18.1 Å². The number of ketones is 1. The van der Waals surface area contributed by atoms with E-state index >= 15 is 0 Å². The fourth-order valence-electron chi connectivity index (χ4n) is 3.28. The van der Waals surface area contributed by atoms with Crippen LogP contribution in [0, 0.1) is 6.92 Å². The van der Waals surface area contributed by atoms with Crippen LogP contribution in [0.3, 0.4) is 0 Å². The summed E-state index contributed by atoms with van der Waals surface area (Å²) in [6, 6.07) is 7.31. The largest absolute Gasteiger partial charge is 0.507 e. The number of aliphatic hydroxyl groups excluding tert-OH is 1. The lowest BCUT2D eigenvalue weighted by Crippen LogP contribution is -2.35. The Morgan fingerprint density at radius 3 is 2.55 bits per heavy atom. The minimum absolute atomic E-state index is 0.0238. The molecule has 1 N–H and O–H groups in total. The first-order valence-corrected chi connectivity index (χ1v) is 9.45. The second-order valence-corrected chi connectivity index (χ2v) is 7.50. The normalized spacial score (nSPS) is 18.7. The summed E-state index contributed by atoms with van der Waals surface area (Å²) in [6.45, 7) is 2.64. The summed E-state index contributed by atoms with van der Waals surface area (Å²) in [4.78, 5) is 28.9. The minimum atomic E-state index is -0.815. The lowest BCUT2D eigenvalue weighted by atomic mass is 9.99. The van der Waals surface area contributed by atoms with Gasteiger partial charge in [0.1, 0.15) is 29.1 Å². The van der Waals surface area contributed by atoms with Crippen LogP contribution in [-0.2, 0) is 9.59 Å². The van der Waals surface area contributed by atoms with Crippen molar-refractivity contribution in [1.29, 1.82) is 0 Å². The minimum Gasteiger partial charge on any atom is -0.507 e. The van der Waals surface area contributed by atoms with Gasteiger partial charge in [-0.15, -0.1) is 0 Å². The number of carbonyl (C=O) groups is 2. The molecule has 7 nitrogen and oxygen atoms in total. The monoisotopic (exact) mass is 418 g/mol. The van der Waals surface area contributed by atoms with Crippen molar-refractivity contribution in [2.24, 2.45) is 0 Å². The molecule has 154 valence electrons. The maximum atomic E-state index is 12.9. The molecule has 3 rings (SSSR count). The molecule has 8 heteroatoms. The highest BCUT2D eigenvalue weighted by Crippen LogP contribution is 2.40. The van der Waals surface area contributed by atoms with E-state index < -0.39 is 17.7 Å². The molecule has 2 heterocycles. The van der Waals surface area contributed by atoms with Gasteiger partial charge in [-0.3, -0.25) is 9.59 Å². The van der Waals surface area contributed by atoms with Crippen molar-refractivity contribution < 1.29 is 23.8 Å². The van der Waals surface area contributed by atoms with E-state index in [1.54, 1.807) is 31.2 Å². The van der Waals surface area contributed by atoms with Crippen molar-refractivity contribution in [3.8, 4) is 5.75 Å². The number of amides is 1. The molecule has 1 saturated heterocycles. The van der Waals surface area contributed by atoms with E-state index in [1.807, 2.05) is 19.0 Å². The van der Waals surface area contributed by atoms with Crippen LogP contribution in [0.25, 0.3) is 5.76 Å². The van der Waals surface area contributed by atoms with Crippen molar-refractivity contribution in [3.63, 3.8) is 0 Å². The predicted octanol–water partition coefficient (Wildman–Crippen LogP) is 3.23. The van der Waals surface area contributed by atoms with Crippen molar-refractivity contribution in [1.82, 2.24) is 9.80 Å². The number of Topliss-reactive ketones (excluding diaryl/α,β-unsaturated/α-hetero) is 1. The molecule has 2 aromatic rings. The van der Waals surface area contributed by atoms with E-state index in [4.69, 9.17) is 20.8 Å². The van der Waals surface area contributed by atoms with Gasteiger partial charge >= 0.3 is 0 Å². The Hall–Kier alpha value is -2.77. The highest BCUT2D eigenvalue weighted by atomic mass is 35.5. The Labute approximate surface area is 174 Å². The molecule has 1 atom stereocenters. The van der Waals surface area contributed by atoms with Gasteiger partial charge in [-0.05, 0) is 51.4 Å². The van der Waals surface area contributed by atoms with E-state index in [2.05, 4.69) is 0 Å². The molecule has 1 aliphatic rings. The highest BCUT2D eigenvalue weighted by Gasteiger charge is 2.47. The number of halogens is 1. The standard InChI is InChI=1S/C21H23ClN2O5/c1-12-5-7-16(29-12)18-17(20(26)21(27)24(18)10-9-23(2)3)19(25)13-6-8-15(28-4)14(22)11-13/h5-8,11,18,25H,9-10H2,1-4H3/t18-/m1/s1. The van der Waals surface area contributed by atoms with Gasteiger partial charge in [-0.25, -0.2) is 0 Å². The van der Waals surface area contributed by atoms with Gasteiger partial charge in [0.15, 0.2) is 0 Å². The number of nitrogens with zero attached hydrogens (tertiary/aromatic N) is 2. The molecule has 1 aliphatic heterocycles. The zero-order valence-electron chi connectivity index (χ0n) is 16.7. The molecule has 0 bridgehead atoms. The van der Waals surface area contributed by atoms with Crippen LogP contribution in [-0.4, -0.2) is 60.9 Å². The average molecular weight is 419 g/mol. The maximum absolute atomic E-state index is 12.9. The third kappa shape index (κ3) is 4.02. The Bertz CT molecular complexity index is 979. The number of furan rings is 1. The molecule has 1 fully saturated rings. The van der Waals surface area contributed by atoms with E-state index in [0.29, 0.717) is 35.9 Å². The Kier molecular flexibility index (Phi) is 6.00. The molecule has 1 aromatic heterocycles. The van der Waals surface area contributed by atoms with Crippen molar-refractivity contribution >= 4 is 29.1 Å². The van der Waals surface area contributed by atoms with Crippen LogP contribution >= 0.6 is 11.6 Å². The number of carbonyl (C=O) groups excluding carboxylic acids is 2. The summed E-state index contributed by atoms with van der Waals surface area (Å²) < 4.78 is 10.9. The van der Waals surface area contributed by atoms with Crippen molar-refractivity contribution in [2.45, 2.75) is 13.0 Å². The number of benzene rings is 1. The second-order valence-electron chi connectivity index (χ2n) is 7.09. The zero-order valence-corrected chi connectivity index (χ0v) is 17.5. The Morgan fingerprint density at radius 2 is 2.00 bits per heavy atom. The van der Waals surface area contributed by atoms with Gasteiger partial charge in [-0.1, -0.05) is 11.6 Å². The van der Waals surface area contributed by atoms with Crippen LogP contribution < -0.4 is 4.74 Å². The fourth-order valence-corrected chi connectivity index (χ4v) is 3.54. The lowest BCUT2D eigenvalue weighted by molar-refractivity contribution is -0.140. The average Bonchev–Trinajstić information content (AvgIpc) is 3.21. The number of aliphatic hydroxyl groups is 1. The van der Waals surface area contributed by atoms with Gasteiger partial charge < -0.3 is 24.1 Å². The summed E-state index contributed by atoms with van der Waals surface area (Å²) in [5.41, 5.74) is 0.291. The quantitative estimate of drug-likeness (QED) is 0.440. The topological polar surface area (TPSA) is 83.2 Å². The molecule has 0 saturated carbocycles. The zero-order chi connectivity index (χ0) is 21.3. The molecular formula is C21H23ClN2O5. The molecule has 1 aromatic carbocycles. The highest BCUT2D eigenvalue weighted by molar-refractivity contribution is 6.46. The summed E-state index contributed by atoms with van der Waals surface area (Å²) in [6.07, 6.45) is 0. The summed E-state index contributed by atoms with van der Waals surface area (Å²) >= 11 is 6.17. The maximum Gasteiger partial charge on any atom is 0.295 e. The summed E-state index contributed by atoms with van der Waals surface area (Å²) in [5, 5.41) is 11.2. The number of rotatable bonds is 6. The molecule has 0 spiro atoms. The number of hydrogen-bond donors (Lipinski definition) is 1. The first-order chi connectivity index (χ1) is 13.7. The fraction of sp³-hybridized carbons (Fsp3) is 0.333. The van der Waals surface area contributed by atoms with Crippen LogP contribution in [0.2, 0.25) is 5.02 Å². The third-order valence-electron chi connectivity index (χ3n) is 4.78. The number of likely N-dealkylation sites (tertiary alicyclic amines) is 1. The van der Waals surface area contributed by atoms with Crippen molar-refractivity contribution in [2.75, 3.05) is 34.3 Å². The number of ether oxygens (including phenoxy) is 1. The van der Waals surface area contributed by atoms with Crippen LogP contribution in [0.15, 0.2) is 40.3 Å². The molecule has 0 aliphatic carbocycles. The summed E-state index contributed by atoms with van der Waals surface area (Å²) in [7, 11) is 5.24. The van der Waals surface area contributed by atoms with Crippen LogP contribution in [0.1, 0.15) is 23.1 Å². The van der Waals surface area contributed by atoms with E-state index in [0.717, 1.165) is 0 Å². The molecular weight excluding hydrogens is 396 g/mol. The second kappa shape index (κ2) is 8.31. The SMILES string of the molecule is COc1ccc(C(O)=C2C(=O)C(=O)N(CCN(C)C)[C@@H]2c2ccc(C)o2)cc1Cl.